The van der Waals surface area contributed by atoms with E-state index in [2.05, 4.69) is 23.6 Å². The van der Waals surface area contributed by atoms with Crippen LogP contribution in [0, 0.1) is 5.92 Å². The highest BCUT2D eigenvalue weighted by Crippen LogP contribution is 2.07. The van der Waals surface area contributed by atoms with Gasteiger partial charge in [0, 0.05) is 44.8 Å². The molecule has 0 spiro atoms. The number of hydrogen-bond donors (Lipinski definition) is 0. The van der Waals surface area contributed by atoms with E-state index in [-0.39, 0.29) is 5.97 Å². The van der Waals surface area contributed by atoms with E-state index in [0.29, 0.717) is 0 Å². The Kier molecular flexibility index (Phi) is 7.10. The van der Waals surface area contributed by atoms with Crippen LogP contribution in [0.5, 0.6) is 0 Å². The maximum absolute atomic E-state index is 11.5. The fraction of sp³-hybridized carbons (Fsp3) is 0.800. The number of methoxy groups -OCH3 is 1. The quantitative estimate of drug-likeness (QED) is 0.543. The van der Waals surface area contributed by atoms with Crippen molar-refractivity contribution < 1.29 is 9.53 Å². The van der Waals surface area contributed by atoms with E-state index in [0.717, 1.165) is 50.6 Å². The largest absolute Gasteiger partial charge is 0.466 e. The fourth-order valence-corrected chi connectivity index (χ4v) is 2.41. The first-order valence-electron chi connectivity index (χ1n) is 7.28. The molecule has 0 unspecified atom stereocenters. The van der Waals surface area contributed by atoms with Crippen LogP contribution in [0.25, 0.3) is 0 Å². The van der Waals surface area contributed by atoms with Gasteiger partial charge in [-0.15, -0.1) is 0 Å². The van der Waals surface area contributed by atoms with Crippen LogP contribution < -0.4 is 0 Å². The maximum Gasteiger partial charge on any atom is 0.333 e. The summed E-state index contributed by atoms with van der Waals surface area (Å²) in [6.07, 6.45) is 2.75. The lowest BCUT2D eigenvalue weighted by Crippen LogP contribution is -2.47. The van der Waals surface area contributed by atoms with Crippen molar-refractivity contribution in [2.24, 2.45) is 5.92 Å². The van der Waals surface area contributed by atoms with E-state index < -0.39 is 0 Å². The van der Waals surface area contributed by atoms with Crippen molar-refractivity contribution in [1.82, 2.24) is 9.80 Å². The van der Waals surface area contributed by atoms with Crippen LogP contribution in [0.1, 0.15) is 27.2 Å². The number of carbonyl (C=O) groups is 1. The van der Waals surface area contributed by atoms with Gasteiger partial charge in [-0.3, -0.25) is 4.90 Å². The number of piperazine rings is 1. The molecule has 4 heteroatoms. The predicted octanol–water partition coefficient (Wildman–Crippen LogP) is 1.77. The van der Waals surface area contributed by atoms with Crippen LogP contribution >= 0.6 is 0 Å². The van der Waals surface area contributed by atoms with Gasteiger partial charge in [0.15, 0.2) is 0 Å². The molecule has 0 aliphatic carbocycles. The first-order valence-corrected chi connectivity index (χ1v) is 7.28. The van der Waals surface area contributed by atoms with Crippen molar-refractivity contribution in [2.75, 3.05) is 46.4 Å². The second-order valence-corrected chi connectivity index (χ2v) is 5.57. The fourth-order valence-electron chi connectivity index (χ4n) is 2.41. The average Bonchev–Trinajstić information content (AvgIpc) is 2.40. The van der Waals surface area contributed by atoms with Crippen molar-refractivity contribution in [3.05, 3.63) is 11.6 Å². The molecular formula is C15H28N2O2. The normalized spacial score (nSPS) is 18.9. The number of rotatable bonds is 6. The Labute approximate surface area is 117 Å². The molecule has 0 radical (unpaired) electrons. The summed E-state index contributed by atoms with van der Waals surface area (Å²) in [6.45, 7) is 13.0. The molecule has 1 rings (SSSR count). The van der Waals surface area contributed by atoms with Crippen LogP contribution in [0.3, 0.4) is 0 Å². The first kappa shape index (κ1) is 16.2. The lowest BCUT2D eigenvalue weighted by molar-refractivity contribution is -0.136. The summed E-state index contributed by atoms with van der Waals surface area (Å²) in [7, 11) is 1.44. The van der Waals surface area contributed by atoms with E-state index >= 15 is 0 Å². The maximum atomic E-state index is 11.5. The van der Waals surface area contributed by atoms with E-state index in [1.165, 1.54) is 13.7 Å². The van der Waals surface area contributed by atoms with Crippen LogP contribution in [0.15, 0.2) is 11.6 Å². The molecule has 1 aliphatic rings. The molecule has 0 bridgehead atoms. The summed E-state index contributed by atoms with van der Waals surface area (Å²) in [5.41, 5.74) is 0.784. The molecule has 0 amide bonds. The molecule has 0 saturated carbocycles. The van der Waals surface area contributed by atoms with Gasteiger partial charge in [0.25, 0.3) is 0 Å². The lowest BCUT2D eigenvalue weighted by atomic mass is 10.1. The zero-order chi connectivity index (χ0) is 14.3. The standard InChI is InChI=1S/C15H28N2O2/c1-5-14(15(18)19-4)6-7-16-8-10-17(11-9-16)12-13(2)3/h6,13H,5,7-12H2,1-4H3. The Morgan fingerprint density at radius 1 is 1.21 bits per heavy atom. The summed E-state index contributed by atoms with van der Waals surface area (Å²) < 4.78 is 4.77. The van der Waals surface area contributed by atoms with Gasteiger partial charge in [-0.25, -0.2) is 4.79 Å². The smallest absolute Gasteiger partial charge is 0.333 e. The van der Waals surface area contributed by atoms with Gasteiger partial charge in [0.2, 0.25) is 0 Å². The summed E-state index contributed by atoms with van der Waals surface area (Å²) >= 11 is 0. The highest BCUT2D eigenvalue weighted by Gasteiger charge is 2.17. The van der Waals surface area contributed by atoms with Gasteiger partial charge >= 0.3 is 5.97 Å². The molecule has 1 saturated heterocycles. The number of ether oxygens (including phenoxy) is 1. The van der Waals surface area contributed by atoms with Crippen LogP contribution in [0.4, 0.5) is 0 Å². The van der Waals surface area contributed by atoms with Crippen LogP contribution in [-0.4, -0.2) is 62.1 Å². The Bertz CT molecular complexity index is 305. The molecule has 0 aromatic carbocycles. The minimum absolute atomic E-state index is 0.194. The average molecular weight is 268 g/mol. The SMILES string of the molecule is CCC(=CCN1CCN(CC(C)C)CC1)C(=O)OC. The van der Waals surface area contributed by atoms with Crippen molar-refractivity contribution in [1.29, 1.82) is 0 Å². The Morgan fingerprint density at radius 3 is 2.26 bits per heavy atom. The van der Waals surface area contributed by atoms with E-state index in [4.69, 9.17) is 4.74 Å². The number of esters is 1. The topological polar surface area (TPSA) is 32.8 Å². The third-order valence-electron chi connectivity index (χ3n) is 3.51. The summed E-state index contributed by atoms with van der Waals surface area (Å²) in [5.74, 6) is 0.540. The summed E-state index contributed by atoms with van der Waals surface area (Å²) in [4.78, 5) is 16.4. The van der Waals surface area contributed by atoms with Gasteiger partial charge < -0.3 is 9.64 Å². The Morgan fingerprint density at radius 2 is 1.79 bits per heavy atom. The molecule has 19 heavy (non-hydrogen) atoms. The zero-order valence-corrected chi connectivity index (χ0v) is 12.8. The second-order valence-electron chi connectivity index (χ2n) is 5.57. The van der Waals surface area contributed by atoms with Crippen molar-refractivity contribution >= 4 is 5.97 Å². The van der Waals surface area contributed by atoms with Gasteiger partial charge in [0.05, 0.1) is 7.11 Å². The van der Waals surface area contributed by atoms with Gasteiger partial charge in [-0.2, -0.15) is 0 Å². The summed E-state index contributed by atoms with van der Waals surface area (Å²) in [5, 5.41) is 0. The highest BCUT2D eigenvalue weighted by molar-refractivity contribution is 5.88. The van der Waals surface area contributed by atoms with Gasteiger partial charge in [0.1, 0.15) is 0 Å². The molecule has 1 aliphatic heterocycles. The van der Waals surface area contributed by atoms with Crippen molar-refractivity contribution in [3.8, 4) is 0 Å². The second kappa shape index (κ2) is 8.33. The summed E-state index contributed by atoms with van der Waals surface area (Å²) in [6, 6.07) is 0. The van der Waals surface area contributed by atoms with Crippen LogP contribution in [0.2, 0.25) is 0 Å². The minimum Gasteiger partial charge on any atom is -0.466 e. The Balaban J connectivity index is 2.36. The molecule has 110 valence electrons. The monoisotopic (exact) mass is 268 g/mol. The molecule has 4 nitrogen and oxygen atoms in total. The molecular weight excluding hydrogens is 240 g/mol. The third-order valence-corrected chi connectivity index (χ3v) is 3.51. The van der Waals surface area contributed by atoms with E-state index in [1.807, 2.05) is 13.0 Å². The van der Waals surface area contributed by atoms with Crippen molar-refractivity contribution in [3.63, 3.8) is 0 Å². The van der Waals surface area contributed by atoms with Gasteiger partial charge in [-0.05, 0) is 12.3 Å². The van der Waals surface area contributed by atoms with Crippen molar-refractivity contribution in [2.45, 2.75) is 27.2 Å². The molecule has 0 aromatic rings. The Hall–Kier alpha value is -0.870. The lowest BCUT2D eigenvalue weighted by Gasteiger charge is -2.35. The number of nitrogens with zero attached hydrogens (tertiary/aromatic N) is 2. The van der Waals surface area contributed by atoms with E-state index in [1.54, 1.807) is 0 Å². The minimum atomic E-state index is -0.194. The zero-order valence-electron chi connectivity index (χ0n) is 12.8. The van der Waals surface area contributed by atoms with Gasteiger partial charge in [-0.1, -0.05) is 26.8 Å². The molecule has 0 N–H and O–H groups in total. The third kappa shape index (κ3) is 5.74. The molecule has 0 atom stereocenters. The predicted molar refractivity (Wildman–Crippen MR) is 78.1 cm³/mol. The number of hydrogen-bond acceptors (Lipinski definition) is 4. The number of carbonyl (C=O) groups excluding carboxylic acids is 1. The van der Waals surface area contributed by atoms with Crippen LogP contribution in [-0.2, 0) is 9.53 Å². The highest BCUT2D eigenvalue weighted by atomic mass is 16.5. The van der Waals surface area contributed by atoms with E-state index in [9.17, 15) is 4.79 Å². The first-order chi connectivity index (χ1) is 9.06. The molecule has 1 heterocycles. The molecule has 0 aromatic heterocycles. The molecule has 1 fully saturated rings.